The molecule has 0 aliphatic carbocycles. The van der Waals surface area contributed by atoms with Gasteiger partial charge < -0.3 is 4.90 Å². The summed E-state index contributed by atoms with van der Waals surface area (Å²) in [5.41, 5.74) is 0.454. The average Bonchev–Trinajstić information content (AvgIpc) is 2.83. The van der Waals surface area contributed by atoms with E-state index in [0.29, 0.717) is 11.6 Å². The molecule has 88 valence electrons. The van der Waals surface area contributed by atoms with Crippen LogP contribution >= 0.6 is 23.1 Å². The Balaban J connectivity index is 1.87. The molecule has 0 atom stereocenters. The summed E-state index contributed by atoms with van der Waals surface area (Å²) in [6, 6.07) is 0. The van der Waals surface area contributed by atoms with Gasteiger partial charge in [-0.2, -0.15) is 0 Å². The number of carbonyl (C=O) groups is 1. The summed E-state index contributed by atoms with van der Waals surface area (Å²) < 4.78 is 3.70. The largest absolute Gasteiger partial charge is 0.335 e. The summed E-state index contributed by atoms with van der Waals surface area (Å²) in [7, 11) is 0. The normalized spacial score (nSPS) is 17.7. The third-order valence-corrected chi connectivity index (χ3v) is 3.31. The molecular formula is C9H13ClN4OS. The highest BCUT2D eigenvalue weighted by molar-refractivity contribution is 7.03. The van der Waals surface area contributed by atoms with Gasteiger partial charge in [-0.1, -0.05) is 4.49 Å². The number of aromatic nitrogens is 2. The minimum Gasteiger partial charge on any atom is -0.335 e. The first kappa shape index (κ1) is 11.8. The zero-order chi connectivity index (χ0) is 11.4. The third-order valence-electron chi connectivity index (χ3n) is 2.64. The Morgan fingerprint density at radius 3 is 2.75 bits per heavy atom. The van der Waals surface area contributed by atoms with Crippen LogP contribution in [-0.4, -0.2) is 63.9 Å². The van der Waals surface area contributed by atoms with Gasteiger partial charge in [0.2, 0.25) is 0 Å². The van der Waals surface area contributed by atoms with Crippen molar-refractivity contribution in [3.8, 4) is 0 Å². The Morgan fingerprint density at radius 2 is 2.19 bits per heavy atom. The predicted molar refractivity (Wildman–Crippen MR) is 63.0 cm³/mol. The highest BCUT2D eigenvalue weighted by Crippen LogP contribution is 2.07. The second kappa shape index (κ2) is 5.56. The number of piperazine rings is 1. The SMILES string of the molecule is O=C(c1csnn1)N1CCN(CCCl)CC1. The molecule has 1 saturated heterocycles. The molecule has 1 aliphatic rings. The van der Waals surface area contributed by atoms with Crippen molar-refractivity contribution in [1.29, 1.82) is 0 Å². The van der Waals surface area contributed by atoms with Gasteiger partial charge in [0.1, 0.15) is 0 Å². The van der Waals surface area contributed by atoms with E-state index in [4.69, 9.17) is 11.6 Å². The molecule has 7 heteroatoms. The molecule has 0 radical (unpaired) electrons. The Kier molecular flexibility index (Phi) is 4.09. The lowest BCUT2D eigenvalue weighted by Crippen LogP contribution is -2.49. The van der Waals surface area contributed by atoms with E-state index in [-0.39, 0.29) is 5.91 Å². The topological polar surface area (TPSA) is 49.3 Å². The minimum absolute atomic E-state index is 0.0146. The molecule has 16 heavy (non-hydrogen) atoms. The first-order valence-electron chi connectivity index (χ1n) is 5.16. The van der Waals surface area contributed by atoms with E-state index in [1.54, 1.807) is 5.38 Å². The fourth-order valence-corrected chi connectivity index (χ4v) is 2.38. The van der Waals surface area contributed by atoms with Crippen LogP contribution in [0, 0.1) is 0 Å². The molecule has 2 heterocycles. The molecule has 1 fully saturated rings. The molecule has 1 aliphatic heterocycles. The Bertz CT molecular complexity index is 337. The molecular weight excluding hydrogens is 248 g/mol. The summed E-state index contributed by atoms with van der Waals surface area (Å²) in [5.74, 6) is 0.628. The third kappa shape index (κ3) is 2.69. The monoisotopic (exact) mass is 260 g/mol. The number of amides is 1. The number of carbonyl (C=O) groups excluding carboxylic acids is 1. The summed E-state index contributed by atoms with van der Waals surface area (Å²) in [6.07, 6.45) is 0. The van der Waals surface area contributed by atoms with Crippen molar-refractivity contribution in [3.63, 3.8) is 0 Å². The van der Waals surface area contributed by atoms with E-state index in [9.17, 15) is 4.79 Å². The molecule has 0 aromatic carbocycles. The van der Waals surface area contributed by atoms with Crippen molar-refractivity contribution in [3.05, 3.63) is 11.1 Å². The second-order valence-corrected chi connectivity index (χ2v) is 4.60. The number of halogens is 1. The van der Waals surface area contributed by atoms with Gasteiger partial charge in [0.05, 0.1) is 0 Å². The lowest BCUT2D eigenvalue weighted by atomic mass is 10.3. The predicted octanol–water partition coefficient (Wildman–Crippen LogP) is 0.535. The molecule has 0 spiro atoms. The van der Waals surface area contributed by atoms with Gasteiger partial charge in [-0.15, -0.1) is 16.7 Å². The van der Waals surface area contributed by atoms with E-state index < -0.39 is 0 Å². The van der Waals surface area contributed by atoms with Crippen molar-refractivity contribution in [1.82, 2.24) is 19.4 Å². The molecule has 0 unspecified atom stereocenters. The van der Waals surface area contributed by atoms with E-state index in [2.05, 4.69) is 14.5 Å². The van der Waals surface area contributed by atoms with Gasteiger partial charge >= 0.3 is 0 Å². The van der Waals surface area contributed by atoms with Crippen molar-refractivity contribution in [2.75, 3.05) is 38.6 Å². The maximum atomic E-state index is 11.9. The van der Waals surface area contributed by atoms with Crippen molar-refractivity contribution in [2.24, 2.45) is 0 Å². The summed E-state index contributed by atoms with van der Waals surface area (Å²) in [5, 5.41) is 5.48. The zero-order valence-electron chi connectivity index (χ0n) is 8.80. The van der Waals surface area contributed by atoms with Crippen LogP contribution in [0.4, 0.5) is 0 Å². The second-order valence-electron chi connectivity index (χ2n) is 3.61. The van der Waals surface area contributed by atoms with Crippen LogP contribution in [0.3, 0.4) is 0 Å². The number of rotatable bonds is 3. The molecule has 1 amide bonds. The van der Waals surface area contributed by atoms with E-state index in [1.165, 1.54) is 11.5 Å². The highest BCUT2D eigenvalue weighted by atomic mass is 35.5. The lowest BCUT2D eigenvalue weighted by Gasteiger charge is -2.33. The zero-order valence-corrected chi connectivity index (χ0v) is 10.4. The molecule has 0 saturated carbocycles. The first-order valence-corrected chi connectivity index (χ1v) is 6.53. The quantitative estimate of drug-likeness (QED) is 0.744. The van der Waals surface area contributed by atoms with E-state index in [1.807, 2.05) is 4.90 Å². The smallest absolute Gasteiger partial charge is 0.275 e. The maximum Gasteiger partial charge on any atom is 0.275 e. The fraction of sp³-hybridized carbons (Fsp3) is 0.667. The Labute approximate surface area is 103 Å². The van der Waals surface area contributed by atoms with Crippen LogP contribution in [0.2, 0.25) is 0 Å². The number of hydrogen-bond donors (Lipinski definition) is 0. The fourth-order valence-electron chi connectivity index (χ4n) is 1.71. The van der Waals surface area contributed by atoms with Crippen molar-refractivity contribution >= 4 is 29.0 Å². The van der Waals surface area contributed by atoms with Crippen molar-refractivity contribution in [2.45, 2.75) is 0 Å². The van der Waals surface area contributed by atoms with Crippen molar-refractivity contribution < 1.29 is 4.79 Å². The molecule has 0 N–H and O–H groups in total. The van der Waals surface area contributed by atoms with Gasteiger partial charge in [-0.3, -0.25) is 9.69 Å². The molecule has 2 rings (SSSR count). The van der Waals surface area contributed by atoms with Gasteiger partial charge in [-0.05, 0) is 11.5 Å². The summed E-state index contributed by atoms with van der Waals surface area (Å²) in [4.78, 5) is 16.0. The van der Waals surface area contributed by atoms with Crippen LogP contribution in [0.1, 0.15) is 10.5 Å². The number of nitrogens with zero attached hydrogens (tertiary/aromatic N) is 4. The average molecular weight is 261 g/mol. The summed E-state index contributed by atoms with van der Waals surface area (Å²) >= 11 is 6.88. The lowest BCUT2D eigenvalue weighted by molar-refractivity contribution is 0.0638. The van der Waals surface area contributed by atoms with Gasteiger partial charge in [0.15, 0.2) is 5.69 Å². The molecule has 1 aromatic rings. The van der Waals surface area contributed by atoms with Crippen LogP contribution in [0.15, 0.2) is 5.38 Å². The standard InChI is InChI=1S/C9H13ClN4OS/c10-1-2-13-3-5-14(6-4-13)9(15)8-7-16-12-11-8/h7H,1-6H2. The Morgan fingerprint density at radius 1 is 1.44 bits per heavy atom. The summed E-state index contributed by atoms with van der Waals surface area (Å²) in [6.45, 7) is 4.15. The number of hydrogen-bond acceptors (Lipinski definition) is 5. The van der Waals surface area contributed by atoms with Gasteiger partial charge in [0, 0.05) is 44.0 Å². The molecule has 5 nitrogen and oxygen atoms in total. The van der Waals surface area contributed by atoms with Crippen LogP contribution in [-0.2, 0) is 0 Å². The van der Waals surface area contributed by atoms with E-state index in [0.717, 1.165) is 32.7 Å². The minimum atomic E-state index is -0.0146. The van der Waals surface area contributed by atoms with Crippen LogP contribution < -0.4 is 0 Å². The van der Waals surface area contributed by atoms with E-state index >= 15 is 0 Å². The van der Waals surface area contributed by atoms with Gasteiger partial charge in [0.25, 0.3) is 5.91 Å². The van der Waals surface area contributed by atoms with Crippen LogP contribution in [0.25, 0.3) is 0 Å². The van der Waals surface area contributed by atoms with Crippen LogP contribution in [0.5, 0.6) is 0 Å². The highest BCUT2D eigenvalue weighted by Gasteiger charge is 2.22. The molecule has 1 aromatic heterocycles. The Hall–Kier alpha value is -0.720. The molecule has 0 bridgehead atoms. The number of alkyl halides is 1. The first-order chi connectivity index (χ1) is 7.81. The van der Waals surface area contributed by atoms with Gasteiger partial charge in [-0.25, -0.2) is 0 Å². The maximum absolute atomic E-state index is 11.9.